The number of ether oxygens (including phenoxy) is 3. The lowest BCUT2D eigenvalue weighted by Gasteiger charge is -2.34. The maximum Gasteiger partial charge on any atom is 0.168 e. The maximum atomic E-state index is 11.0. The van der Waals surface area contributed by atoms with Crippen molar-refractivity contribution in [2.24, 2.45) is 0 Å². The number of aliphatic hydroxyl groups is 1. The first-order chi connectivity index (χ1) is 10.1. The number of hydrogen-bond acceptors (Lipinski definition) is 5. The quantitative estimate of drug-likeness (QED) is 0.840. The standard InChI is InChI=1S/C16H14O5/c1-19-10-3-4-11-13(7-10)20-8-16(18)12-5-2-9(17)6-14(12)21-15(11)16/h2-7,15,17-18H,8H2,1H3/t15-,16-/m0/s1. The largest absolute Gasteiger partial charge is 0.508 e. The van der Waals surface area contributed by atoms with Crippen molar-refractivity contribution in [3.63, 3.8) is 0 Å². The van der Waals surface area contributed by atoms with E-state index in [1.54, 1.807) is 25.3 Å². The summed E-state index contributed by atoms with van der Waals surface area (Å²) in [6.07, 6.45) is -0.552. The molecule has 2 aliphatic rings. The summed E-state index contributed by atoms with van der Waals surface area (Å²) in [6, 6.07) is 10.1. The molecule has 0 spiro atoms. The first kappa shape index (κ1) is 12.3. The lowest BCUT2D eigenvalue weighted by atomic mass is 9.85. The van der Waals surface area contributed by atoms with Crippen LogP contribution < -0.4 is 14.2 Å². The van der Waals surface area contributed by atoms with Crippen LogP contribution in [0.4, 0.5) is 0 Å². The molecule has 0 bridgehead atoms. The van der Waals surface area contributed by atoms with Gasteiger partial charge in [0.2, 0.25) is 0 Å². The Morgan fingerprint density at radius 2 is 2.05 bits per heavy atom. The minimum absolute atomic E-state index is 0.0929. The van der Waals surface area contributed by atoms with Crippen LogP contribution in [0.25, 0.3) is 0 Å². The summed E-state index contributed by atoms with van der Waals surface area (Å²) in [5.41, 5.74) is 0.150. The Balaban J connectivity index is 1.84. The Kier molecular flexibility index (Phi) is 2.38. The van der Waals surface area contributed by atoms with E-state index in [1.807, 2.05) is 6.07 Å². The molecule has 5 nitrogen and oxygen atoms in total. The molecule has 2 N–H and O–H groups in total. The number of methoxy groups -OCH3 is 1. The van der Waals surface area contributed by atoms with Gasteiger partial charge >= 0.3 is 0 Å². The third-order valence-electron chi connectivity index (χ3n) is 4.06. The third kappa shape index (κ3) is 1.61. The van der Waals surface area contributed by atoms with Gasteiger partial charge in [-0.25, -0.2) is 0 Å². The highest BCUT2D eigenvalue weighted by molar-refractivity contribution is 5.53. The predicted octanol–water partition coefficient (Wildman–Crippen LogP) is 2.11. The molecule has 0 aromatic heterocycles. The number of benzene rings is 2. The van der Waals surface area contributed by atoms with E-state index in [1.165, 1.54) is 12.1 Å². The van der Waals surface area contributed by atoms with Crippen molar-refractivity contribution < 1.29 is 24.4 Å². The monoisotopic (exact) mass is 286 g/mol. The minimum atomic E-state index is -1.25. The third-order valence-corrected chi connectivity index (χ3v) is 4.06. The van der Waals surface area contributed by atoms with Crippen LogP contribution in [0.5, 0.6) is 23.0 Å². The fraction of sp³-hybridized carbons (Fsp3) is 0.250. The van der Waals surface area contributed by atoms with Crippen LogP contribution in [0.3, 0.4) is 0 Å². The zero-order valence-corrected chi connectivity index (χ0v) is 11.4. The van der Waals surface area contributed by atoms with Crippen molar-refractivity contribution >= 4 is 0 Å². The van der Waals surface area contributed by atoms with E-state index in [0.717, 1.165) is 5.56 Å². The molecule has 4 rings (SSSR count). The molecule has 0 saturated heterocycles. The van der Waals surface area contributed by atoms with E-state index in [2.05, 4.69) is 0 Å². The zero-order chi connectivity index (χ0) is 14.6. The number of aromatic hydroxyl groups is 1. The van der Waals surface area contributed by atoms with E-state index in [4.69, 9.17) is 14.2 Å². The first-order valence-electron chi connectivity index (χ1n) is 6.65. The zero-order valence-electron chi connectivity index (χ0n) is 11.4. The second kappa shape index (κ2) is 4.05. The number of fused-ring (bicyclic) bond motifs is 5. The van der Waals surface area contributed by atoms with E-state index in [0.29, 0.717) is 22.8 Å². The predicted molar refractivity (Wildman–Crippen MR) is 73.9 cm³/mol. The van der Waals surface area contributed by atoms with Crippen molar-refractivity contribution in [3.8, 4) is 23.0 Å². The smallest absolute Gasteiger partial charge is 0.168 e. The molecule has 2 aromatic rings. The van der Waals surface area contributed by atoms with Crippen LogP contribution in [-0.4, -0.2) is 23.9 Å². The van der Waals surface area contributed by atoms with Crippen LogP contribution in [0.1, 0.15) is 17.2 Å². The summed E-state index contributed by atoms with van der Waals surface area (Å²) in [5.74, 6) is 1.91. The number of phenols is 1. The highest BCUT2D eigenvalue weighted by atomic mass is 16.5. The van der Waals surface area contributed by atoms with Crippen LogP contribution in [0.2, 0.25) is 0 Å². The normalized spacial score (nSPS) is 25.1. The molecule has 0 amide bonds. The van der Waals surface area contributed by atoms with Gasteiger partial charge in [-0.05, 0) is 24.3 Å². The van der Waals surface area contributed by atoms with Crippen LogP contribution in [0.15, 0.2) is 36.4 Å². The first-order valence-corrected chi connectivity index (χ1v) is 6.65. The van der Waals surface area contributed by atoms with Crippen LogP contribution in [0, 0.1) is 0 Å². The van der Waals surface area contributed by atoms with Gasteiger partial charge in [-0.1, -0.05) is 0 Å². The van der Waals surface area contributed by atoms with E-state index < -0.39 is 11.7 Å². The number of hydrogen-bond donors (Lipinski definition) is 2. The minimum Gasteiger partial charge on any atom is -0.508 e. The summed E-state index contributed by atoms with van der Waals surface area (Å²) in [6.45, 7) is 0.0929. The summed E-state index contributed by atoms with van der Waals surface area (Å²) >= 11 is 0. The van der Waals surface area contributed by atoms with E-state index in [9.17, 15) is 10.2 Å². The van der Waals surface area contributed by atoms with Crippen molar-refractivity contribution in [1.29, 1.82) is 0 Å². The molecule has 0 unspecified atom stereocenters. The second-order valence-corrected chi connectivity index (χ2v) is 5.30. The summed E-state index contributed by atoms with van der Waals surface area (Å²) in [7, 11) is 1.59. The molecule has 0 fully saturated rings. The molecule has 21 heavy (non-hydrogen) atoms. The Labute approximate surface area is 121 Å². The molecule has 5 heteroatoms. The molecule has 0 aliphatic carbocycles. The van der Waals surface area contributed by atoms with Gasteiger partial charge in [0.1, 0.15) is 29.6 Å². The Bertz CT molecular complexity index is 727. The SMILES string of the molecule is COc1ccc2c(c1)OC[C@]1(O)c3ccc(O)cc3O[C@@H]21. The molecular formula is C16H14O5. The number of phenolic OH excluding ortho intramolecular Hbond substituents is 1. The molecule has 2 atom stereocenters. The van der Waals surface area contributed by atoms with Gasteiger partial charge in [0.05, 0.1) is 7.11 Å². The summed E-state index contributed by atoms with van der Waals surface area (Å²) < 4.78 is 16.7. The number of rotatable bonds is 1. The lowest BCUT2D eigenvalue weighted by molar-refractivity contribution is -0.0864. The molecule has 2 aliphatic heterocycles. The highest BCUT2D eigenvalue weighted by Gasteiger charge is 2.52. The van der Waals surface area contributed by atoms with Gasteiger partial charge in [-0.15, -0.1) is 0 Å². The van der Waals surface area contributed by atoms with Crippen molar-refractivity contribution in [3.05, 3.63) is 47.5 Å². The average Bonchev–Trinajstić information content (AvgIpc) is 2.79. The molecule has 2 aromatic carbocycles. The van der Waals surface area contributed by atoms with Gasteiger partial charge in [0.15, 0.2) is 11.7 Å². The van der Waals surface area contributed by atoms with Crippen LogP contribution >= 0.6 is 0 Å². The summed E-state index contributed by atoms with van der Waals surface area (Å²) in [5, 5.41) is 20.5. The average molecular weight is 286 g/mol. The molecule has 0 saturated carbocycles. The highest BCUT2D eigenvalue weighted by Crippen LogP contribution is 2.54. The molecule has 0 radical (unpaired) electrons. The van der Waals surface area contributed by atoms with Gasteiger partial charge in [0.25, 0.3) is 0 Å². The molecular weight excluding hydrogens is 272 g/mol. The van der Waals surface area contributed by atoms with Gasteiger partial charge in [-0.3, -0.25) is 0 Å². The fourth-order valence-corrected chi connectivity index (χ4v) is 2.98. The van der Waals surface area contributed by atoms with Crippen molar-refractivity contribution in [2.75, 3.05) is 13.7 Å². The van der Waals surface area contributed by atoms with Crippen LogP contribution in [-0.2, 0) is 5.60 Å². The Morgan fingerprint density at radius 3 is 2.86 bits per heavy atom. The van der Waals surface area contributed by atoms with E-state index >= 15 is 0 Å². The lowest BCUT2D eigenvalue weighted by Crippen LogP contribution is -2.41. The van der Waals surface area contributed by atoms with Crippen molar-refractivity contribution in [2.45, 2.75) is 11.7 Å². The van der Waals surface area contributed by atoms with Gasteiger partial charge in [-0.2, -0.15) is 0 Å². The Hall–Kier alpha value is -2.40. The summed E-state index contributed by atoms with van der Waals surface area (Å²) in [4.78, 5) is 0. The second-order valence-electron chi connectivity index (χ2n) is 5.30. The fourth-order valence-electron chi connectivity index (χ4n) is 2.98. The van der Waals surface area contributed by atoms with Gasteiger partial charge < -0.3 is 24.4 Å². The molecule has 108 valence electrons. The van der Waals surface area contributed by atoms with Crippen molar-refractivity contribution in [1.82, 2.24) is 0 Å². The maximum absolute atomic E-state index is 11.0. The topological polar surface area (TPSA) is 68.2 Å². The Morgan fingerprint density at radius 1 is 1.19 bits per heavy atom. The molecule has 2 heterocycles. The van der Waals surface area contributed by atoms with E-state index in [-0.39, 0.29) is 12.4 Å². The van der Waals surface area contributed by atoms with Gasteiger partial charge in [0, 0.05) is 23.3 Å².